The first-order valence-electron chi connectivity index (χ1n) is 5.85. The molecule has 98 valence electrons. The monoisotopic (exact) mass is 275 g/mol. The van der Waals surface area contributed by atoms with Crippen LogP contribution in [0.2, 0.25) is 5.02 Å². The third-order valence-corrected chi connectivity index (χ3v) is 3.01. The standard InChI is InChI=1S/C14H14ClN3O/c15-10-7-12(14(17)18-8-10)13(19)6-3-9-1-4-11(16)5-2-9/h1-2,4-5,7-8H,3,6,16H2,(H2,17,18). The quantitative estimate of drug-likeness (QED) is 0.664. The Morgan fingerprint density at radius 3 is 2.58 bits per heavy atom. The van der Waals surface area contributed by atoms with E-state index in [0.717, 1.165) is 5.56 Å². The van der Waals surface area contributed by atoms with Gasteiger partial charge in [-0.25, -0.2) is 4.98 Å². The van der Waals surface area contributed by atoms with Crippen molar-refractivity contribution in [3.63, 3.8) is 0 Å². The Morgan fingerprint density at radius 2 is 1.89 bits per heavy atom. The van der Waals surface area contributed by atoms with Crippen LogP contribution in [0.1, 0.15) is 22.3 Å². The summed E-state index contributed by atoms with van der Waals surface area (Å²) in [5.74, 6) is 0.149. The zero-order valence-corrected chi connectivity index (χ0v) is 11.0. The zero-order chi connectivity index (χ0) is 13.8. The van der Waals surface area contributed by atoms with E-state index in [4.69, 9.17) is 23.1 Å². The first-order valence-corrected chi connectivity index (χ1v) is 6.22. The molecular weight excluding hydrogens is 262 g/mol. The third kappa shape index (κ3) is 3.45. The maximum atomic E-state index is 12.1. The number of pyridine rings is 1. The Bertz CT molecular complexity index is 596. The molecule has 1 aromatic heterocycles. The van der Waals surface area contributed by atoms with Gasteiger partial charge in [-0.05, 0) is 30.2 Å². The van der Waals surface area contributed by atoms with Crippen molar-refractivity contribution >= 4 is 28.9 Å². The van der Waals surface area contributed by atoms with Crippen LogP contribution in [0.15, 0.2) is 36.5 Å². The highest BCUT2D eigenvalue weighted by molar-refractivity contribution is 6.31. The molecule has 0 radical (unpaired) electrons. The second-order valence-electron chi connectivity index (χ2n) is 4.25. The van der Waals surface area contributed by atoms with Gasteiger partial charge in [0.1, 0.15) is 5.82 Å². The van der Waals surface area contributed by atoms with E-state index in [1.165, 1.54) is 6.20 Å². The van der Waals surface area contributed by atoms with E-state index < -0.39 is 0 Å². The minimum absolute atomic E-state index is 0.0654. The highest BCUT2D eigenvalue weighted by Crippen LogP contribution is 2.18. The first kappa shape index (κ1) is 13.4. The minimum Gasteiger partial charge on any atom is -0.399 e. The van der Waals surface area contributed by atoms with Gasteiger partial charge in [0.15, 0.2) is 5.78 Å². The van der Waals surface area contributed by atoms with E-state index in [-0.39, 0.29) is 11.6 Å². The summed E-state index contributed by atoms with van der Waals surface area (Å²) >= 11 is 5.81. The van der Waals surface area contributed by atoms with Crippen LogP contribution >= 0.6 is 11.6 Å². The molecule has 0 saturated carbocycles. The lowest BCUT2D eigenvalue weighted by Gasteiger charge is -2.05. The highest BCUT2D eigenvalue weighted by Gasteiger charge is 2.11. The average Bonchev–Trinajstić information content (AvgIpc) is 2.40. The second kappa shape index (κ2) is 5.71. The lowest BCUT2D eigenvalue weighted by Crippen LogP contribution is -2.06. The van der Waals surface area contributed by atoms with Crippen molar-refractivity contribution in [3.8, 4) is 0 Å². The number of nitrogens with two attached hydrogens (primary N) is 2. The van der Waals surface area contributed by atoms with Gasteiger partial charge in [0.25, 0.3) is 0 Å². The topological polar surface area (TPSA) is 82.0 Å². The molecule has 0 saturated heterocycles. The number of carbonyl (C=O) groups excluding carboxylic acids is 1. The summed E-state index contributed by atoms with van der Waals surface area (Å²) in [5, 5.41) is 0.407. The average molecular weight is 276 g/mol. The van der Waals surface area contributed by atoms with Crippen LogP contribution < -0.4 is 11.5 Å². The fourth-order valence-electron chi connectivity index (χ4n) is 1.75. The van der Waals surface area contributed by atoms with Crippen molar-refractivity contribution in [3.05, 3.63) is 52.7 Å². The summed E-state index contributed by atoms with van der Waals surface area (Å²) < 4.78 is 0. The molecule has 0 atom stereocenters. The third-order valence-electron chi connectivity index (χ3n) is 2.81. The van der Waals surface area contributed by atoms with Crippen LogP contribution in [0.4, 0.5) is 11.5 Å². The van der Waals surface area contributed by atoms with Gasteiger partial charge in [0.05, 0.1) is 10.6 Å². The minimum atomic E-state index is -0.0654. The summed E-state index contributed by atoms with van der Waals surface area (Å²) in [6, 6.07) is 8.99. The van der Waals surface area contributed by atoms with Gasteiger partial charge in [-0.15, -0.1) is 0 Å². The number of Topliss-reactive ketones (excluding diaryl/α,β-unsaturated/α-hetero) is 1. The number of anilines is 2. The van der Waals surface area contributed by atoms with E-state index in [1.807, 2.05) is 24.3 Å². The molecule has 0 aliphatic rings. The summed E-state index contributed by atoms with van der Waals surface area (Å²) in [5.41, 5.74) is 13.4. The number of benzene rings is 1. The van der Waals surface area contributed by atoms with Gasteiger partial charge in [-0.1, -0.05) is 23.7 Å². The van der Waals surface area contributed by atoms with Crippen molar-refractivity contribution in [1.82, 2.24) is 4.98 Å². The highest BCUT2D eigenvalue weighted by atomic mass is 35.5. The number of ketones is 1. The number of carbonyl (C=O) groups is 1. The van der Waals surface area contributed by atoms with Gasteiger partial charge in [0.2, 0.25) is 0 Å². The Hall–Kier alpha value is -2.07. The Labute approximate surface area is 116 Å². The van der Waals surface area contributed by atoms with E-state index in [0.29, 0.717) is 29.1 Å². The predicted molar refractivity (Wildman–Crippen MR) is 77.2 cm³/mol. The molecule has 0 fully saturated rings. The van der Waals surface area contributed by atoms with Crippen LogP contribution in [0, 0.1) is 0 Å². The Kier molecular flexibility index (Phi) is 4.02. The smallest absolute Gasteiger partial charge is 0.166 e. The number of hydrogen-bond acceptors (Lipinski definition) is 4. The number of nitrogens with zero attached hydrogens (tertiary/aromatic N) is 1. The van der Waals surface area contributed by atoms with Crippen molar-refractivity contribution < 1.29 is 4.79 Å². The van der Waals surface area contributed by atoms with Gasteiger partial charge < -0.3 is 11.5 Å². The van der Waals surface area contributed by atoms with Gasteiger partial charge in [0, 0.05) is 18.3 Å². The number of aryl methyl sites for hydroxylation is 1. The van der Waals surface area contributed by atoms with Crippen molar-refractivity contribution in [2.45, 2.75) is 12.8 Å². The molecule has 0 spiro atoms. The summed E-state index contributed by atoms with van der Waals surface area (Å²) in [6.45, 7) is 0. The molecule has 0 aliphatic heterocycles. The first-order chi connectivity index (χ1) is 9.06. The summed E-state index contributed by atoms with van der Waals surface area (Å²) in [6.07, 6.45) is 2.41. The van der Waals surface area contributed by atoms with Crippen LogP contribution in [-0.2, 0) is 6.42 Å². The molecule has 0 amide bonds. The van der Waals surface area contributed by atoms with Crippen molar-refractivity contribution in [1.29, 1.82) is 0 Å². The fraction of sp³-hybridized carbons (Fsp3) is 0.143. The van der Waals surface area contributed by atoms with Gasteiger partial charge >= 0.3 is 0 Å². The number of rotatable bonds is 4. The largest absolute Gasteiger partial charge is 0.399 e. The second-order valence-corrected chi connectivity index (χ2v) is 4.69. The van der Waals surface area contributed by atoms with Crippen molar-refractivity contribution in [2.75, 3.05) is 11.5 Å². The predicted octanol–water partition coefficient (Wildman–Crippen LogP) is 2.71. The SMILES string of the molecule is Nc1ccc(CCC(=O)c2cc(Cl)cnc2N)cc1. The van der Waals surface area contributed by atoms with Crippen LogP contribution in [0.3, 0.4) is 0 Å². The number of aromatic nitrogens is 1. The Morgan fingerprint density at radius 1 is 1.21 bits per heavy atom. The molecule has 5 heteroatoms. The van der Waals surface area contributed by atoms with E-state index in [1.54, 1.807) is 6.07 Å². The molecule has 4 nitrogen and oxygen atoms in total. The molecule has 1 heterocycles. The molecule has 2 rings (SSSR count). The molecule has 0 bridgehead atoms. The van der Waals surface area contributed by atoms with E-state index >= 15 is 0 Å². The fourth-order valence-corrected chi connectivity index (χ4v) is 1.91. The molecule has 0 aliphatic carbocycles. The normalized spacial score (nSPS) is 10.4. The summed E-state index contributed by atoms with van der Waals surface area (Å²) in [7, 11) is 0. The number of nitrogen functional groups attached to an aromatic ring is 2. The molecular formula is C14H14ClN3O. The van der Waals surface area contributed by atoms with E-state index in [9.17, 15) is 4.79 Å². The molecule has 1 aromatic carbocycles. The molecule has 19 heavy (non-hydrogen) atoms. The molecule has 4 N–H and O–H groups in total. The van der Waals surface area contributed by atoms with Crippen LogP contribution in [0.25, 0.3) is 0 Å². The van der Waals surface area contributed by atoms with Crippen LogP contribution in [-0.4, -0.2) is 10.8 Å². The lowest BCUT2D eigenvalue weighted by molar-refractivity contribution is 0.0983. The van der Waals surface area contributed by atoms with Crippen LogP contribution in [0.5, 0.6) is 0 Å². The maximum absolute atomic E-state index is 12.1. The Balaban J connectivity index is 2.05. The lowest BCUT2D eigenvalue weighted by atomic mass is 10.0. The maximum Gasteiger partial charge on any atom is 0.166 e. The summed E-state index contributed by atoms with van der Waals surface area (Å²) in [4.78, 5) is 15.9. The number of hydrogen-bond donors (Lipinski definition) is 2. The van der Waals surface area contributed by atoms with Gasteiger partial charge in [-0.3, -0.25) is 4.79 Å². The number of halogens is 1. The molecule has 0 unspecified atom stereocenters. The van der Waals surface area contributed by atoms with E-state index in [2.05, 4.69) is 4.98 Å². The zero-order valence-electron chi connectivity index (χ0n) is 10.3. The van der Waals surface area contributed by atoms with Crippen molar-refractivity contribution in [2.24, 2.45) is 0 Å². The molecule has 2 aromatic rings. The van der Waals surface area contributed by atoms with Gasteiger partial charge in [-0.2, -0.15) is 0 Å².